The van der Waals surface area contributed by atoms with Crippen LogP contribution >= 0.6 is 7.60 Å². The van der Waals surface area contributed by atoms with Crippen molar-refractivity contribution in [3.63, 3.8) is 0 Å². The molecular weight excluding hydrogens is 351 g/mol. The van der Waals surface area contributed by atoms with Gasteiger partial charge >= 0.3 is 7.60 Å². The molecule has 9 heteroatoms. The molecule has 0 aromatic heterocycles. The van der Waals surface area contributed by atoms with E-state index in [0.717, 1.165) is 5.56 Å². The molecule has 0 bridgehead atoms. The van der Waals surface area contributed by atoms with Crippen LogP contribution in [0.5, 0.6) is 0 Å². The molecule has 0 aliphatic rings. The highest BCUT2D eigenvalue weighted by Gasteiger charge is 2.18. The second-order valence-electron chi connectivity index (χ2n) is 4.64. The van der Waals surface area contributed by atoms with Crippen molar-refractivity contribution in [1.29, 1.82) is 0 Å². The van der Waals surface area contributed by atoms with Crippen molar-refractivity contribution in [1.82, 2.24) is 10.3 Å². The summed E-state index contributed by atoms with van der Waals surface area (Å²) in [5.41, 5.74) is 3.42. The molecule has 0 atom stereocenters. The van der Waals surface area contributed by atoms with Crippen molar-refractivity contribution >= 4 is 17.6 Å². The van der Waals surface area contributed by atoms with Gasteiger partial charge in [0.25, 0.3) is 10.0 Å². The van der Waals surface area contributed by atoms with Gasteiger partial charge in [-0.15, -0.1) is 4.83 Å². The van der Waals surface area contributed by atoms with E-state index in [-0.39, 0.29) is 18.1 Å². The van der Waals surface area contributed by atoms with Crippen LogP contribution in [0.2, 0.25) is 0 Å². The average Bonchev–Trinajstić information content (AvgIpc) is 2.51. The van der Waals surface area contributed by atoms with Crippen molar-refractivity contribution in [3.05, 3.63) is 54.0 Å². The van der Waals surface area contributed by atoms with E-state index in [2.05, 4.69) is 10.3 Å². The van der Waals surface area contributed by atoms with Crippen LogP contribution in [0, 0.1) is 6.92 Å². The van der Waals surface area contributed by atoms with Crippen molar-refractivity contribution < 1.29 is 22.0 Å². The lowest BCUT2D eigenvalue weighted by Crippen LogP contribution is -2.33. The molecule has 0 aliphatic carbocycles. The molecule has 0 radical (unpaired) electrons. The Bertz CT molecular complexity index is 704. The molecule has 7 nitrogen and oxygen atoms in total. The molecule has 2 N–H and O–H groups in total. The maximum absolute atomic E-state index is 12.1. The molecule has 1 aromatic carbocycles. The first-order chi connectivity index (χ1) is 11.3. The Morgan fingerprint density at radius 1 is 1.08 bits per heavy atom. The molecule has 0 fully saturated rings. The summed E-state index contributed by atoms with van der Waals surface area (Å²) in [6.45, 7) is 5.84. The molecular formula is C15H23N2O5PS. The number of rotatable bonds is 10. The molecule has 0 heterocycles. The van der Waals surface area contributed by atoms with Gasteiger partial charge in [-0.1, -0.05) is 23.8 Å². The van der Waals surface area contributed by atoms with Crippen molar-refractivity contribution in [2.24, 2.45) is 0 Å². The Balaban J connectivity index is 2.57. The third-order valence-corrected chi connectivity index (χ3v) is 5.75. The number of sulfonamides is 1. The number of hydrogen-bond acceptors (Lipinski definition) is 6. The van der Waals surface area contributed by atoms with Gasteiger partial charge in [-0.05, 0) is 39.0 Å². The largest absolute Gasteiger partial charge is 0.354 e. The molecule has 0 amide bonds. The molecule has 0 aliphatic heterocycles. The van der Waals surface area contributed by atoms with E-state index in [0.29, 0.717) is 0 Å². The van der Waals surface area contributed by atoms with Crippen LogP contribution in [0.4, 0.5) is 0 Å². The zero-order chi connectivity index (χ0) is 18.1. The van der Waals surface area contributed by atoms with Crippen LogP contribution in [0.15, 0.2) is 53.3 Å². The fourth-order valence-electron chi connectivity index (χ4n) is 1.63. The monoisotopic (exact) mass is 374 g/mol. The average molecular weight is 374 g/mol. The van der Waals surface area contributed by atoms with E-state index in [1.807, 2.05) is 6.92 Å². The summed E-state index contributed by atoms with van der Waals surface area (Å²) in [6, 6.07) is 6.46. The zero-order valence-corrected chi connectivity index (χ0v) is 15.6. The van der Waals surface area contributed by atoms with Crippen LogP contribution in [-0.4, -0.2) is 21.6 Å². The first-order valence-electron chi connectivity index (χ1n) is 7.40. The number of hydrogen-bond donors (Lipinski definition) is 2. The standard InChI is InChI=1S/C15H23N2O5PS/c1-4-21-23(18,22-5-2)13-7-6-12-16-17-24(19,20)15-10-8-14(3)9-11-15/h6-13,16-17H,4-5H2,1-3H3/b12-6+,13-7+. The number of hydrazine groups is 1. The second kappa shape index (κ2) is 9.76. The van der Waals surface area contributed by atoms with Gasteiger partial charge in [-0.25, -0.2) is 8.42 Å². The summed E-state index contributed by atoms with van der Waals surface area (Å²) in [4.78, 5) is 2.37. The molecule has 1 rings (SSSR count). The van der Waals surface area contributed by atoms with Crippen LogP contribution < -0.4 is 10.3 Å². The van der Waals surface area contributed by atoms with Crippen molar-refractivity contribution in [3.8, 4) is 0 Å². The summed E-state index contributed by atoms with van der Waals surface area (Å²) in [5.74, 6) is 1.31. The third-order valence-electron chi connectivity index (χ3n) is 2.70. The van der Waals surface area contributed by atoms with Gasteiger partial charge in [0.1, 0.15) is 0 Å². The summed E-state index contributed by atoms with van der Waals surface area (Å²) >= 11 is 0. The topological polar surface area (TPSA) is 93.7 Å². The minimum atomic E-state index is -3.65. The molecule has 1 aromatic rings. The summed E-state index contributed by atoms with van der Waals surface area (Å²) in [6.07, 6.45) is 4.28. The van der Waals surface area contributed by atoms with Crippen LogP contribution in [0.25, 0.3) is 0 Å². The van der Waals surface area contributed by atoms with Gasteiger partial charge in [0.15, 0.2) is 0 Å². The maximum Gasteiger partial charge on any atom is 0.354 e. The maximum atomic E-state index is 12.1. The van der Waals surface area contributed by atoms with Gasteiger partial charge in [-0.2, -0.15) is 0 Å². The third kappa shape index (κ3) is 6.98. The first-order valence-corrected chi connectivity index (χ1v) is 10.5. The Labute approximate surface area is 143 Å². The van der Waals surface area contributed by atoms with E-state index in [4.69, 9.17) is 9.05 Å². The highest BCUT2D eigenvalue weighted by atomic mass is 32.2. The Kier molecular flexibility index (Phi) is 8.38. The molecule has 0 saturated carbocycles. The van der Waals surface area contributed by atoms with Crippen LogP contribution in [0.3, 0.4) is 0 Å². The minimum Gasteiger partial charge on any atom is -0.315 e. The number of benzene rings is 1. The minimum absolute atomic E-state index is 0.154. The lowest BCUT2D eigenvalue weighted by Gasteiger charge is -2.11. The van der Waals surface area contributed by atoms with E-state index >= 15 is 0 Å². The molecule has 24 heavy (non-hydrogen) atoms. The van der Waals surface area contributed by atoms with Gasteiger partial charge in [0, 0.05) is 12.0 Å². The number of allylic oxidation sites excluding steroid dienone is 2. The quantitative estimate of drug-likeness (QED) is 0.371. The van der Waals surface area contributed by atoms with E-state index in [1.54, 1.807) is 26.0 Å². The van der Waals surface area contributed by atoms with E-state index in [9.17, 15) is 13.0 Å². The SMILES string of the molecule is CCOP(=O)(/C=C/C=C/NNS(=O)(=O)c1ccc(C)cc1)OCC. The highest BCUT2D eigenvalue weighted by Crippen LogP contribution is 2.49. The first kappa shape index (κ1) is 20.6. The second-order valence-corrected chi connectivity index (χ2v) is 8.22. The lowest BCUT2D eigenvalue weighted by molar-refractivity contribution is 0.229. The van der Waals surface area contributed by atoms with Crippen molar-refractivity contribution in [2.45, 2.75) is 25.7 Å². The molecule has 134 valence electrons. The van der Waals surface area contributed by atoms with Gasteiger partial charge in [0.2, 0.25) is 0 Å². The number of aryl methyl sites for hydroxylation is 1. The predicted molar refractivity (Wildman–Crippen MR) is 93.8 cm³/mol. The Hall–Kier alpha value is -1.44. The fourth-order valence-corrected chi connectivity index (χ4v) is 3.74. The van der Waals surface area contributed by atoms with Crippen LogP contribution in [-0.2, 0) is 23.6 Å². The van der Waals surface area contributed by atoms with Gasteiger partial charge < -0.3 is 14.5 Å². The zero-order valence-electron chi connectivity index (χ0n) is 13.9. The van der Waals surface area contributed by atoms with Gasteiger partial charge in [-0.3, -0.25) is 4.57 Å². The van der Waals surface area contributed by atoms with E-state index in [1.165, 1.54) is 36.3 Å². The predicted octanol–water partition coefficient (Wildman–Crippen LogP) is 3.07. The van der Waals surface area contributed by atoms with Crippen molar-refractivity contribution in [2.75, 3.05) is 13.2 Å². The molecule has 0 unspecified atom stereocenters. The molecule has 0 saturated heterocycles. The number of nitrogens with one attached hydrogen (secondary N) is 2. The lowest BCUT2D eigenvalue weighted by atomic mass is 10.2. The fraction of sp³-hybridized carbons (Fsp3) is 0.333. The van der Waals surface area contributed by atoms with Gasteiger partial charge in [0.05, 0.1) is 18.1 Å². The summed E-state index contributed by atoms with van der Waals surface area (Å²) in [5, 5.41) is 0. The Morgan fingerprint density at radius 3 is 2.21 bits per heavy atom. The normalized spacial score (nSPS) is 13.0. The highest BCUT2D eigenvalue weighted by molar-refractivity contribution is 7.89. The summed E-state index contributed by atoms with van der Waals surface area (Å²) in [7, 11) is -6.90. The Morgan fingerprint density at radius 2 is 1.67 bits per heavy atom. The van der Waals surface area contributed by atoms with E-state index < -0.39 is 17.6 Å². The smallest absolute Gasteiger partial charge is 0.315 e. The van der Waals surface area contributed by atoms with Crippen LogP contribution in [0.1, 0.15) is 19.4 Å². The summed E-state index contributed by atoms with van der Waals surface area (Å²) < 4.78 is 46.3. The molecule has 0 spiro atoms.